The summed E-state index contributed by atoms with van der Waals surface area (Å²) < 4.78 is 1.88. The Morgan fingerprint density at radius 2 is 2.19 bits per heavy atom. The van der Waals surface area contributed by atoms with Crippen molar-refractivity contribution in [2.24, 2.45) is 13.0 Å². The Hall–Kier alpha value is -1.32. The van der Waals surface area contributed by atoms with Crippen molar-refractivity contribution in [3.63, 3.8) is 0 Å². The molecule has 1 aliphatic rings. The fourth-order valence-corrected chi connectivity index (χ4v) is 2.92. The maximum Gasteiger partial charge on any atom is 0.0627 e. The highest BCUT2D eigenvalue weighted by Crippen LogP contribution is 2.21. The first kappa shape index (κ1) is 14.6. The molecule has 1 unspecified atom stereocenters. The van der Waals surface area contributed by atoms with Crippen LogP contribution in [0.5, 0.6) is 0 Å². The van der Waals surface area contributed by atoms with E-state index in [0.29, 0.717) is 5.92 Å². The minimum absolute atomic E-state index is 0.555. The molecule has 0 bridgehead atoms. The van der Waals surface area contributed by atoms with Gasteiger partial charge in [-0.15, -0.1) is 0 Å². The van der Waals surface area contributed by atoms with Crippen LogP contribution in [-0.2, 0) is 19.9 Å². The third kappa shape index (κ3) is 4.58. The Bertz CT molecular complexity index is 589. The summed E-state index contributed by atoms with van der Waals surface area (Å²) in [5, 5.41) is 8.98. The van der Waals surface area contributed by atoms with Crippen molar-refractivity contribution in [2.75, 3.05) is 6.54 Å². The van der Waals surface area contributed by atoms with Crippen LogP contribution in [0.2, 0.25) is 5.02 Å². The summed E-state index contributed by atoms with van der Waals surface area (Å²) in [5.74, 6) is 0.555. The summed E-state index contributed by atoms with van der Waals surface area (Å²) in [4.78, 5) is 0. The molecule has 3 rings (SSSR count). The van der Waals surface area contributed by atoms with Gasteiger partial charge in [-0.1, -0.05) is 23.7 Å². The topological polar surface area (TPSA) is 29.9 Å². The predicted octanol–water partition coefficient (Wildman–Crippen LogP) is 3.23. The lowest BCUT2D eigenvalue weighted by Crippen LogP contribution is -2.27. The van der Waals surface area contributed by atoms with E-state index in [-0.39, 0.29) is 0 Å². The van der Waals surface area contributed by atoms with Gasteiger partial charge in [0.25, 0.3) is 0 Å². The molecule has 1 aromatic carbocycles. The first-order valence-electron chi connectivity index (χ1n) is 7.65. The number of hydrogen-bond acceptors (Lipinski definition) is 2. The zero-order valence-electron chi connectivity index (χ0n) is 12.4. The van der Waals surface area contributed by atoms with Crippen molar-refractivity contribution in [3.8, 4) is 0 Å². The third-order valence-corrected chi connectivity index (χ3v) is 4.19. The summed E-state index contributed by atoms with van der Waals surface area (Å²) in [6.07, 6.45) is 6.71. The van der Waals surface area contributed by atoms with Gasteiger partial charge in [0.05, 0.1) is 5.69 Å². The second-order valence-corrected chi connectivity index (χ2v) is 6.50. The van der Waals surface area contributed by atoms with Gasteiger partial charge in [-0.25, -0.2) is 0 Å². The number of nitrogens with zero attached hydrogens (tertiary/aromatic N) is 2. The van der Waals surface area contributed by atoms with Crippen LogP contribution in [-0.4, -0.2) is 22.4 Å². The van der Waals surface area contributed by atoms with Gasteiger partial charge in [0.2, 0.25) is 0 Å². The number of halogens is 1. The predicted molar refractivity (Wildman–Crippen MR) is 86.6 cm³/mol. The van der Waals surface area contributed by atoms with Gasteiger partial charge in [0, 0.05) is 24.3 Å². The molecule has 0 aliphatic heterocycles. The van der Waals surface area contributed by atoms with Crippen LogP contribution in [0.1, 0.15) is 24.1 Å². The molecule has 4 heteroatoms. The first-order valence-corrected chi connectivity index (χ1v) is 8.03. The van der Waals surface area contributed by atoms with E-state index in [2.05, 4.69) is 28.6 Å². The largest absolute Gasteiger partial charge is 0.314 e. The van der Waals surface area contributed by atoms with E-state index in [0.717, 1.165) is 30.5 Å². The fraction of sp³-hybridized carbons (Fsp3) is 0.471. The fourth-order valence-electron chi connectivity index (χ4n) is 2.70. The minimum Gasteiger partial charge on any atom is -0.314 e. The molecular weight excluding hydrogens is 282 g/mol. The lowest BCUT2D eigenvalue weighted by molar-refractivity contribution is 0.462. The normalized spacial score (nSPS) is 16.1. The van der Waals surface area contributed by atoms with E-state index >= 15 is 0 Å². The van der Waals surface area contributed by atoms with Crippen molar-refractivity contribution in [3.05, 3.63) is 52.8 Å². The molecule has 1 heterocycles. The molecule has 1 saturated carbocycles. The van der Waals surface area contributed by atoms with E-state index in [1.807, 2.05) is 30.1 Å². The van der Waals surface area contributed by atoms with Crippen molar-refractivity contribution in [1.82, 2.24) is 15.1 Å². The van der Waals surface area contributed by atoms with Crippen molar-refractivity contribution >= 4 is 11.6 Å². The summed E-state index contributed by atoms with van der Waals surface area (Å²) in [6.45, 7) is 1.05. The number of nitrogens with one attached hydrogen (secondary N) is 1. The number of aromatic nitrogens is 2. The number of aryl methyl sites for hydroxylation is 1. The van der Waals surface area contributed by atoms with E-state index in [4.69, 9.17) is 11.6 Å². The molecule has 112 valence electrons. The summed E-state index contributed by atoms with van der Waals surface area (Å²) in [7, 11) is 1.97. The standard InChI is InChI=1S/C17H22ClN3/c1-21-8-7-17(20-21)11-14(12-19-16-5-6-16)9-13-3-2-4-15(18)10-13/h2-4,7-8,10,14,16,19H,5-6,9,11-12H2,1H3. The number of hydrogen-bond donors (Lipinski definition) is 1. The second-order valence-electron chi connectivity index (χ2n) is 6.07. The van der Waals surface area contributed by atoms with Gasteiger partial charge in [0.15, 0.2) is 0 Å². The van der Waals surface area contributed by atoms with Gasteiger partial charge in [-0.2, -0.15) is 5.10 Å². The van der Waals surface area contributed by atoms with Crippen LogP contribution in [0.15, 0.2) is 36.5 Å². The Balaban J connectivity index is 1.65. The first-order chi connectivity index (χ1) is 10.2. The molecule has 3 nitrogen and oxygen atoms in total. The molecule has 0 amide bonds. The molecule has 1 fully saturated rings. The number of rotatable bonds is 7. The molecule has 0 radical (unpaired) electrons. The molecule has 21 heavy (non-hydrogen) atoms. The van der Waals surface area contributed by atoms with Crippen LogP contribution in [0.25, 0.3) is 0 Å². The van der Waals surface area contributed by atoms with Crippen LogP contribution in [0.4, 0.5) is 0 Å². The molecular formula is C17H22ClN3. The average Bonchev–Trinajstić information content (AvgIpc) is 3.19. The van der Waals surface area contributed by atoms with Crippen molar-refractivity contribution in [2.45, 2.75) is 31.7 Å². The number of benzene rings is 1. The van der Waals surface area contributed by atoms with E-state index in [1.54, 1.807) is 0 Å². The summed E-state index contributed by atoms with van der Waals surface area (Å²) >= 11 is 6.10. The molecule has 1 atom stereocenters. The quantitative estimate of drug-likeness (QED) is 0.851. The van der Waals surface area contributed by atoms with E-state index in [9.17, 15) is 0 Å². The average molecular weight is 304 g/mol. The Morgan fingerprint density at radius 1 is 1.33 bits per heavy atom. The maximum absolute atomic E-state index is 6.10. The molecule has 1 N–H and O–H groups in total. The Kier molecular flexibility index (Phi) is 4.61. The van der Waals surface area contributed by atoms with Gasteiger partial charge in [-0.3, -0.25) is 4.68 Å². The van der Waals surface area contributed by atoms with Crippen molar-refractivity contribution < 1.29 is 0 Å². The monoisotopic (exact) mass is 303 g/mol. The second kappa shape index (κ2) is 6.63. The zero-order chi connectivity index (χ0) is 14.7. The lowest BCUT2D eigenvalue weighted by atomic mass is 9.94. The molecule has 2 aromatic rings. The van der Waals surface area contributed by atoms with Gasteiger partial charge < -0.3 is 5.32 Å². The van der Waals surface area contributed by atoms with Crippen LogP contribution in [0, 0.1) is 5.92 Å². The van der Waals surface area contributed by atoms with Crippen molar-refractivity contribution in [1.29, 1.82) is 0 Å². The highest BCUT2D eigenvalue weighted by Gasteiger charge is 2.22. The van der Waals surface area contributed by atoms with Crippen LogP contribution < -0.4 is 5.32 Å². The van der Waals surface area contributed by atoms with Crippen LogP contribution >= 0.6 is 11.6 Å². The van der Waals surface area contributed by atoms with Gasteiger partial charge in [0.1, 0.15) is 0 Å². The molecule has 1 aromatic heterocycles. The van der Waals surface area contributed by atoms with Gasteiger partial charge in [-0.05, 0) is 61.9 Å². The third-order valence-electron chi connectivity index (χ3n) is 3.95. The summed E-state index contributed by atoms with van der Waals surface area (Å²) in [5.41, 5.74) is 2.48. The molecule has 0 spiro atoms. The van der Waals surface area contributed by atoms with Crippen LogP contribution in [0.3, 0.4) is 0 Å². The minimum atomic E-state index is 0.555. The molecule has 0 saturated heterocycles. The molecule has 1 aliphatic carbocycles. The smallest absolute Gasteiger partial charge is 0.0627 e. The SMILES string of the molecule is Cn1ccc(CC(CNC2CC2)Cc2cccc(Cl)c2)n1. The lowest BCUT2D eigenvalue weighted by Gasteiger charge is -2.17. The zero-order valence-corrected chi connectivity index (χ0v) is 13.2. The van der Waals surface area contributed by atoms with Gasteiger partial charge >= 0.3 is 0 Å². The Morgan fingerprint density at radius 3 is 2.86 bits per heavy atom. The van der Waals surface area contributed by atoms with E-state index in [1.165, 1.54) is 24.1 Å². The highest BCUT2D eigenvalue weighted by atomic mass is 35.5. The summed E-state index contributed by atoms with van der Waals surface area (Å²) in [6, 6.07) is 11.1. The maximum atomic E-state index is 6.10. The Labute approximate surface area is 131 Å². The van der Waals surface area contributed by atoms with E-state index < -0.39 is 0 Å². The highest BCUT2D eigenvalue weighted by molar-refractivity contribution is 6.30.